The van der Waals surface area contributed by atoms with Gasteiger partial charge in [0.1, 0.15) is 13.2 Å². The predicted molar refractivity (Wildman–Crippen MR) is 60.4 cm³/mol. The number of rotatable bonds is 1. The molecular formula is C11H13BrO3. The first-order valence-corrected chi connectivity index (χ1v) is 5.60. The lowest BCUT2D eigenvalue weighted by molar-refractivity contribution is 0.0768. The fourth-order valence-electron chi connectivity index (χ4n) is 1.53. The lowest BCUT2D eigenvalue weighted by Gasteiger charge is -2.24. The molecule has 0 saturated carbocycles. The molecule has 0 amide bonds. The van der Waals surface area contributed by atoms with Gasteiger partial charge in [-0.1, -0.05) is 15.9 Å². The largest absolute Gasteiger partial charge is 0.486 e. The summed E-state index contributed by atoms with van der Waals surface area (Å²) in [4.78, 5) is 0. The summed E-state index contributed by atoms with van der Waals surface area (Å²) in [7, 11) is 0. The van der Waals surface area contributed by atoms with Gasteiger partial charge in [0.15, 0.2) is 11.5 Å². The zero-order valence-corrected chi connectivity index (χ0v) is 10.3. The molecule has 3 nitrogen and oxygen atoms in total. The first-order valence-electron chi connectivity index (χ1n) is 4.80. The van der Waals surface area contributed by atoms with Crippen molar-refractivity contribution in [3.63, 3.8) is 0 Å². The highest BCUT2D eigenvalue weighted by molar-refractivity contribution is 9.10. The van der Waals surface area contributed by atoms with Crippen LogP contribution in [-0.2, 0) is 5.60 Å². The van der Waals surface area contributed by atoms with Gasteiger partial charge >= 0.3 is 0 Å². The summed E-state index contributed by atoms with van der Waals surface area (Å²) < 4.78 is 11.7. The number of halogens is 1. The molecule has 0 spiro atoms. The zero-order valence-electron chi connectivity index (χ0n) is 8.71. The Bertz CT molecular complexity index is 382. The van der Waals surface area contributed by atoms with E-state index in [0.29, 0.717) is 19.0 Å². The van der Waals surface area contributed by atoms with Crippen molar-refractivity contribution in [3.05, 3.63) is 22.2 Å². The van der Waals surface area contributed by atoms with Gasteiger partial charge in [-0.3, -0.25) is 0 Å². The van der Waals surface area contributed by atoms with Gasteiger partial charge in [-0.05, 0) is 26.0 Å². The average Bonchev–Trinajstić information content (AvgIpc) is 2.15. The molecule has 0 saturated heterocycles. The third kappa shape index (κ3) is 2.11. The third-order valence-corrected chi connectivity index (χ3v) is 2.95. The Morgan fingerprint density at radius 1 is 1.20 bits per heavy atom. The van der Waals surface area contributed by atoms with Gasteiger partial charge in [0.05, 0.1) is 5.60 Å². The van der Waals surface area contributed by atoms with Crippen LogP contribution < -0.4 is 9.47 Å². The normalized spacial score (nSPS) is 15.2. The lowest BCUT2D eigenvalue weighted by atomic mass is 9.98. The van der Waals surface area contributed by atoms with E-state index in [1.807, 2.05) is 12.1 Å². The molecule has 0 aromatic heterocycles. The Hall–Kier alpha value is -0.740. The van der Waals surface area contributed by atoms with Gasteiger partial charge in [-0.2, -0.15) is 0 Å². The molecule has 0 fully saturated rings. The van der Waals surface area contributed by atoms with Gasteiger partial charge in [0, 0.05) is 10.0 Å². The number of hydrogen-bond acceptors (Lipinski definition) is 3. The second kappa shape index (κ2) is 3.68. The number of fused-ring (bicyclic) bond motifs is 1. The summed E-state index contributed by atoms with van der Waals surface area (Å²) in [6.07, 6.45) is 0. The van der Waals surface area contributed by atoms with E-state index in [1.54, 1.807) is 13.8 Å². The van der Waals surface area contributed by atoms with Crippen LogP contribution in [0.2, 0.25) is 0 Å². The molecule has 2 rings (SSSR count). The topological polar surface area (TPSA) is 38.7 Å². The zero-order chi connectivity index (χ0) is 11.1. The molecule has 1 N–H and O–H groups in total. The Morgan fingerprint density at radius 3 is 2.27 bits per heavy atom. The van der Waals surface area contributed by atoms with Gasteiger partial charge < -0.3 is 14.6 Å². The van der Waals surface area contributed by atoms with Crippen molar-refractivity contribution in [1.29, 1.82) is 0 Å². The molecule has 1 aromatic rings. The van der Waals surface area contributed by atoms with E-state index in [2.05, 4.69) is 15.9 Å². The molecule has 0 bridgehead atoms. The summed E-state index contributed by atoms with van der Waals surface area (Å²) in [5, 5.41) is 9.95. The highest BCUT2D eigenvalue weighted by Crippen LogP contribution is 2.39. The predicted octanol–water partition coefficient (Wildman–Crippen LogP) is 2.45. The molecule has 1 aliphatic rings. The molecule has 0 aliphatic carbocycles. The smallest absolute Gasteiger partial charge is 0.162 e. The van der Waals surface area contributed by atoms with Crippen LogP contribution in [0.25, 0.3) is 0 Å². The van der Waals surface area contributed by atoms with E-state index >= 15 is 0 Å². The first-order chi connectivity index (χ1) is 6.98. The van der Waals surface area contributed by atoms with Gasteiger partial charge in [0.2, 0.25) is 0 Å². The van der Waals surface area contributed by atoms with Crippen LogP contribution in [0.5, 0.6) is 11.5 Å². The minimum Gasteiger partial charge on any atom is -0.486 e. The minimum atomic E-state index is -0.894. The Balaban J connectivity index is 2.50. The van der Waals surface area contributed by atoms with Gasteiger partial charge in [-0.15, -0.1) is 0 Å². The first kappa shape index (κ1) is 10.8. The third-order valence-electron chi connectivity index (χ3n) is 2.29. The molecule has 0 unspecified atom stereocenters. The second-order valence-corrected chi connectivity index (χ2v) is 4.89. The summed E-state index contributed by atoms with van der Waals surface area (Å²) >= 11 is 3.42. The van der Waals surface area contributed by atoms with E-state index in [1.165, 1.54) is 0 Å². The standard InChI is InChI=1S/C11H13BrO3/c1-11(2,13)7-5-9-10(6-8(7)12)15-4-3-14-9/h5-6,13H,3-4H2,1-2H3. The number of aliphatic hydroxyl groups is 1. The maximum absolute atomic E-state index is 9.95. The second-order valence-electron chi connectivity index (χ2n) is 4.03. The maximum atomic E-state index is 9.95. The average molecular weight is 273 g/mol. The van der Waals surface area contributed by atoms with Crippen LogP contribution in [0.1, 0.15) is 19.4 Å². The van der Waals surface area contributed by atoms with Crippen molar-refractivity contribution in [2.45, 2.75) is 19.4 Å². The quantitative estimate of drug-likeness (QED) is 0.854. The molecule has 0 atom stereocenters. The van der Waals surface area contributed by atoms with E-state index in [4.69, 9.17) is 9.47 Å². The fraction of sp³-hybridized carbons (Fsp3) is 0.455. The van der Waals surface area contributed by atoms with E-state index < -0.39 is 5.60 Å². The van der Waals surface area contributed by atoms with Crippen molar-refractivity contribution >= 4 is 15.9 Å². The monoisotopic (exact) mass is 272 g/mol. The van der Waals surface area contributed by atoms with Crippen LogP contribution in [0.15, 0.2) is 16.6 Å². The Labute approximate surface area is 97.1 Å². The molecule has 1 aliphatic heterocycles. The highest BCUT2D eigenvalue weighted by atomic mass is 79.9. The molecular weight excluding hydrogens is 260 g/mol. The maximum Gasteiger partial charge on any atom is 0.162 e. The van der Waals surface area contributed by atoms with Crippen molar-refractivity contribution in [1.82, 2.24) is 0 Å². The van der Waals surface area contributed by atoms with Crippen LogP contribution in [0.4, 0.5) is 0 Å². The van der Waals surface area contributed by atoms with Gasteiger partial charge in [0.25, 0.3) is 0 Å². The lowest BCUT2D eigenvalue weighted by Crippen LogP contribution is -2.19. The van der Waals surface area contributed by atoms with Crippen molar-refractivity contribution < 1.29 is 14.6 Å². The van der Waals surface area contributed by atoms with Crippen molar-refractivity contribution in [2.24, 2.45) is 0 Å². The van der Waals surface area contributed by atoms with E-state index in [-0.39, 0.29) is 0 Å². The van der Waals surface area contributed by atoms with Crippen molar-refractivity contribution in [2.75, 3.05) is 13.2 Å². The molecule has 1 heterocycles. The van der Waals surface area contributed by atoms with Crippen LogP contribution >= 0.6 is 15.9 Å². The number of benzene rings is 1. The fourth-order valence-corrected chi connectivity index (χ4v) is 2.34. The van der Waals surface area contributed by atoms with Gasteiger partial charge in [-0.25, -0.2) is 0 Å². The highest BCUT2D eigenvalue weighted by Gasteiger charge is 2.23. The summed E-state index contributed by atoms with van der Waals surface area (Å²) in [5.41, 5.74) is -0.0963. The summed E-state index contributed by atoms with van der Waals surface area (Å²) in [6.45, 7) is 4.60. The van der Waals surface area contributed by atoms with Crippen LogP contribution in [0.3, 0.4) is 0 Å². The number of ether oxygens (including phenoxy) is 2. The van der Waals surface area contributed by atoms with E-state index in [9.17, 15) is 5.11 Å². The summed E-state index contributed by atoms with van der Waals surface area (Å²) in [6, 6.07) is 3.65. The van der Waals surface area contributed by atoms with Crippen LogP contribution in [-0.4, -0.2) is 18.3 Å². The molecule has 1 aromatic carbocycles. The van der Waals surface area contributed by atoms with E-state index in [0.717, 1.165) is 15.8 Å². The molecule has 4 heteroatoms. The Kier molecular flexibility index (Phi) is 2.64. The summed E-state index contributed by atoms with van der Waals surface area (Å²) in [5.74, 6) is 1.42. The SMILES string of the molecule is CC(C)(O)c1cc2c(cc1Br)OCCO2. The number of hydrogen-bond donors (Lipinski definition) is 1. The molecule has 0 radical (unpaired) electrons. The molecule has 82 valence electrons. The Morgan fingerprint density at radius 2 is 1.73 bits per heavy atom. The minimum absolute atomic E-state index is 0.555. The van der Waals surface area contributed by atoms with Crippen molar-refractivity contribution in [3.8, 4) is 11.5 Å². The van der Waals surface area contributed by atoms with Crippen LogP contribution in [0, 0.1) is 0 Å². The molecule has 15 heavy (non-hydrogen) atoms.